The molecular weight excluding hydrogens is 429 g/mol. The average molecular weight is 448 g/mol. The number of pyridine rings is 1. The Bertz CT molecular complexity index is 1220. The molecule has 0 bridgehead atoms. The molecule has 1 aliphatic rings. The molecule has 2 aromatic heterocycles. The molecule has 10 heteroatoms. The molecule has 0 fully saturated rings. The molecule has 1 aromatic carbocycles. The van der Waals surface area contributed by atoms with Gasteiger partial charge < -0.3 is 9.88 Å². The van der Waals surface area contributed by atoms with Crippen molar-refractivity contribution in [2.45, 2.75) is 30.7 Å². The third-order valence-corrected chi connectivity index (χ3v) is 5.69. The van der Waals surface area contributed by atoms with E-state index in [0.717, 1.165) is 36.7 Å². The predicted molar refractivity (Wildman–Crippen MR) is 111 cm³/mol. The van der Waals surface area contributed by atoms with E-state index in [1.54, 1.807) is 0 Å². The van der Waals surface area contributed by atoms with E-state index in [2.05, 4.69) is 15.3 Å². The first kappa shape index (κ1) is 21.2. The maximum atomic E-state index is 13.2. The fourth-order valence-corrected chi connectivity index (χ4v) is 3.93. The highest BCUT2D eigenvalue weighted by Crippen LogP contribution is 2.30. The van der Waals surface area contributed by atoms with Crippen molar-refractivity contribution in [2.75, 3.05) is 18.1 Å². The van der Waals surface area contributed by atoms with Crippen LogP contribution < -0.4 is 10.9 Å². The second kappa shape index (κ2) is 8.26. The number of alkyl halides is 3. The maximum Gasteiger partial charge on any atom is 0.433 e. The molecule has 3 heterocycles. The van der Waals surface area contributed by atoms with Gasteiger partial charge in [0.15, 0.2) is 0 Å². The first-order chi connectivity index (χ1) is 14.7. The molecule has 0 spiro atoms. The molecule has 31 heavy (non-hydrogen) atoms. The lowest BCUT2D eigenvalue weighted by atomic mass is 10.0. The Balaban J connectivity index is 1.72. The molecule has 0 aliphatic carbocycles. The number of fused-ring (bicyclic) bond motifs is 1. The third-order valence-electron chi connectivity index (χ3n) is 4.99. The van der Waals surface area contributed by atoms with Gasteiger partial charge in [-0.2, -0.15) is 13.2 Å². The van der Waals surface area contributed by atoms with Gasteiger partial charge in [-0.3, -0.25) is 9.00 Å². The smallest absolute Gasteiger partial charge is 0.385 e. The molecule has 0 radical (unpaired) electrons. The van der Waals surface area contributed by atoms with E-state index in [4.69, 9.17) is 0 Å². The minimum Gasteiger partial charge on any atom is -0.385 e. The zero-order valence-electron chi connectivity index (χ0n) is 16.6. The number of hydrogen-bond donors (Lipinski definition) is 1. The summed E-state index contributed by atoms with van der Waals surface area (Å²) in [5, 5.41) is 2.92. The van der Waals surface area contributed by atoms with E-state index in [9.17, 15) is 22.2 Å². The number of anilines is 1. The largest absolute Gasteiger partial charge is 0.433 e. The highest BCUT2D eigenvalue weighted by atomic mass is 32.2. The molecule has 4 rings (SSSR count). The van der Waals surface area contributed by atoms with Gasteiger partial charge in [0.2, 0.25) is 5.16 Å². The van der Waals surface area contributed by atoms with Gasteiger partial charge in [-0.1, -0.05) is 12.1 Å². The van der Waals surface area contributed by atoms with Gasteiger partial charge in [-0.05, 0) is 42.2 Å². The van der Waals surface area contributed by atoms with E-state index in [1.165, 1.54) is 34.7 Å². The quantitative estimate of drug-likeness (QED) is 0.619. The predicted octanol–water partition coefficient (Wildman–Crippen LogP) is 3.47. The lowest BCUT2D eigenvalue weighted by molar-refractivity contribution is -0.141. The Morgan fingerprint density at radius 1 is 1.16 bits per heavy atom. The summed E-state index contributed by atoms with van der Waals surface area (Å²) in [5.74, 6) is 0. The van der Waals surface area contributed by atoms with E-state index >= 15 is 0 Å². The van der Waals surface area contributed by atoms with Crippen molar-refractivity contribution in [1.82, 2.24) is 14.5 Å². The first-order valence-electron chi connectivity index (χ1n) is 9.57. The van der Waals surface area contributed by atoms with Crippen LogP contribution in [0.25, 0.3) is 11.3 Å². The van der Waals surface area contributed by atoms with Crippen LogP contribution in [-0.4, -0.2) is 31.5 Å². The van der Waals surface area contributed by atoms with Crippen LogP contribution in [0.1, 0.15) is 23.2 Å². The minimum absolute atomic E-state index is 0.0454. The number of rotatable bonds is 4. The summed E-state index contributed by atoms with van der Waals surface area (Å²) >= 11 is 0. The van der Waals surface area contributed by atoms with Crippen LogP contribution in [0, 0.1) is 0 Å². The molecule has 3 aromatic rings. The summed E-state index contributed by atoms with van der Waals surface area (Å²) < 4.78 is 52.9. The highest BCUT2D eigenvalue weighted by molar-refractivity contribution is 7.84. The van der Waals surface area contributed by atoms with Crippen molar-refractivity contribution < 1.29 is 17.4 Å². The Morgan fingerprint density at radius 3 is 2.71 bits per heavy atom. The lowest BCUT2D eigenvalue weighted by Gasteiger charge is -2.19. The molecule has 0 saturated carbocycles. The summed E-state index contributed by atoms with van der Waals surface area (Å²) in [6.45, 7) is 1.20. The molecular formula is C21H19F3N4O2S. The molecule has 162 valence electrons. The number of nitrogens with one attached hydrogen (secondary N) is 1. The maximum absolute atomic E-state index is 13.2. The average Bonchev–Trinajstić information content (AvgIpc) is 2.74. The summed E-state index contributed by atoms with van der Waals surface area (Å²) in [4.78, 5) is 19.8. The van der Waals surface area contributed by atoms with Gasteiger partial charge in [-0.15, -0.1) is 0 Å². The molecule has 1 aliphatic heterocycles. The lowest BCUT2D eigenvalue weighted by Crippen LogP contribution is -2.20. The van der Waals surface area contributed by atoms with Crippen LogP contribution in [0.3, 0.4) is 0 Å². The summed E-state index contributed by atoms with van der Waals surface area (Å²) in [5.41, 5.74) is 1.96. The molecule has 1 unspecified atom stereocenters. The van der Waals surface area contributed by atoms with Crippen LogP contribution in [-0.2, 0) is 29.9 Å². The second-order valence-electron chi connectivity index (χ2n) is 7.28. The van der Waals surface area contributed by atoms with Crippen molar-refractivity contribution in [3.05, 3.63) is 69.8 Å². The van der Waals surface area contributed by atoms with Gasteiger partial charge >= 0.3 is 6.18 Å². The van der Waals surface area contributed by atoms with E-state index in [1.807, 2.05) is 18.2 Å². The van der Waals surface area contributed by atoms with Crippen LogP contribution in [0.2, 0.25) is 0 Å². The van der Waals surface area contributed by atoms with Gasteiger partial charge in [0.05, 0.1) is 23.0 Å². The minimum atomic E-state index is -4.71. The topological polar surface area (TPSA) is 76.9 Å². The van der Waals surface area contributed by atoms with Crippen LogP contribution in [0.15, 0.2) is 52.5 Å². The first-order valence-corrected chi connectivity index (χ1v) is 11.1. The summed E-state index contributed by atoms with van der Waals surface area (Å²) in [6, 6.07) is 9.41. The zero-order valence-corrected chi connectivity index (χ0v) is 17.4. The van der Waals surface area contributed by atoms with Crippen LogP contribution in [0.4, 0.5) is 18.9 Å². The number of aromatic nitrogens is 3. The van der Waals surface area contributed by atoms with E-state index in [0.29, 0.717) is 5.56 Å². The Hall–Kier alpha value is -3.01. The highest BCUT2D eigenvalue weighted by Gasteiger charge is 2.34. The van der Waals surface area contributed by atoms with Crippen molar-refractivity contribution in [2.24, 2.45) is 0 Å². The van der Waals surface area contributed by atoms with Crippen molar-refractivity contribution in [3.63, 3.8) is 0 Å². The van der Waals surface area contributed by atoms with Gasteiger partial charge in [-0.25, -0.2) is 9.97 Å². The Labute approximate surface area is 178 Å². The van der Waals surface area contributed by atoms with Gasteiger partial charge in [0, 0.05) is 36.3 Å². The van der Waals surface area contributed by atoms with Crippen molar-refractivity contribution in [3.8, 4) is 11.3 Å². The second-order valence-corrected chi connectivity index (χ2v) is 8.55. The number of nitrogens with zero attached hydrogens (tertiary/aromatic N) is 3. The fourth-order valence-electron chi connectivity index (χ4n) is 3.48. The standard InChI is InChI=1S/C21H19F3N4O2S/c1-31(30)20-26-17(10-18(27-20)21(22,23)24)15-5-7-19(29)28(12-15)11-13-4-6-16-14(9-13)3-2-8-25-16/h4-7,9-10,12,25H,2-3,8,11H2,1H3. The van der Waals surface area contributed by atoms with Crippen LogP contribution >= 0.6 is 0 Å². The molecule has 1 atom stereocenters. The molecule has 6 nitrogen and oxygen atoms in total. The van der Waals surface area contributed by atoms with Crippen LogP contribution in [0.5, 0.6) is 0 Å². The van der Waals surface area contributed by atoms with E-state index < -0.39 is 27.8 Å². The Kier molecular flexibility index (Phi) is 5.65. The summed E-state index contributed by atoms with van der Waals surface area (Å²) in [7, 11) is -1.80. The number of aryl methyl sites for hydroxylation is 1. The number of benzene rings is 1. The molecule has 0 amide bonds. The normalized spacial score (nSPS) is 14.6. The third kappa shape index (κ3) is 4.68. The monoisotopic (exact) mass is 448 g/mol. The molecule has 0 saturated heterocycles. The Morgan fingerprint density at radius 2 is 1.97 bits per heavy atom. The zero-order chi connectivity index (χ0) is 22.2. The van der Waals surface area contributed by atoms with Crippen molar-refractivity contribution in [1.29, 1.82) is 0 Å². The number of halogens is 3. The van der Waals surface area contributed by atoms with Gasteiger partial charge in [0.1, 0.15) is 5.69 Å². The number of hydrogen-bond acceptors (Lipinski definition) is 5. The van der Waals surface area contributed by atoms with Gasteiger partial charge in [0.25, 0.3) is 5.56 Å². The van der Waals surface area contributed by atoms with Crippen molar-refractivity contribution >= 4 is 16.5 Å². The summed E-state index contributed by atoms with van der Waals surface area (Å²) in [6.07, 6.45) is -0.0566. The van der Waals surface area contributed by atoms with E-state index in [-0.39, 0.29) is 17.8 Å². The fraction of sp³-hybridized carbons (Fsp3) is 0.286. The SMILES string of the molecule is CS(=O)c1nc(-c2ccc(=O)n(Cc3ccc4c(c3)CCCN4)c2)cc(C(F)(F)F)n1. The molecule has 1 N–H and O–H groups in total.